The molecule has 3 aromatic carbocycles. The molecule has 3 aromatic rings. The molecular weight excluding hydrogens is 437 g/mol. The molecular formula is C27H30FNO3S. The first-order chi connectivity index (χ1) is 15.7. The summed E-state index contributed by atoms with van der Waals surface area (Å²) in [5.41, 5.74) is 3.38. The van der Waals surface area contributed by atoms with Crippen LogP contribution < -0.4 is 9.04 Å². The second kappa shape index (κ2) is 9.56. The fourth-order valence-electron chi connectivity index (χ4n) is 4.38. The fraction of sp³-hybridized carbons (Fsp3) is 0.333. The summed E-state index contributed by atoms with van der Waals surface area (Å²) in [5, 5.41) is 0. The third kappa shape index (κ3) is 5.22. The van der Waals surface area contributed by atoms with Crippen molar-refractivity contribution in [2.75, 3.05) is 4.31 Å². The molecule has 0 spiro atoms. The SMILES string of the molecule is Cc1ccc(S(=O)(=O)N2c3cc(F)ccc3CCC2CCc2cccc(OC(C)C)c2)cc1. The van der Waals surface area contributed by atoms with E-state index >= 15 is 0 Å². The molecule has 0 radical (unpaired) electrons. The summed E-state index contributed by atoms with van der Waals surface area (Å²) in [7, 11) is -3.84. The van der Waals surface area contributed by atoms with E-state index in [1.807, 2.05) is 45.0 Å². The van der Waals surface area contributed by atoms with E-state index in [1.165, 1.54) is 16.4 Å². The van der Waals surface area contributed by atoms with Crippen LogP contribution in [0.15, 0.2) is 71.6 Å². The van der Waals surface area contributed by atoms with Crippen molar-refractivity contribution < 1.29 is 17.5 Å². The average Bonchev–Trinajstić information content (AvgIpc) is 2.77. The van der Waals surface area contributed by atoms with Crippen LogP contribution in [-0.2, 0) is 22.9 Å². The van der Waals surface area contributed by atoms with E-state index in [-0.39, 0.29) is 17.0 Å². The van der Waals surface area contributed by atoms with Gasteiger partial charge in [-0.1, -0.05) is 35.9 Å². The quantitative estimate of drug-likeness (QED) is 0.424. The Balaban J connectivity index is 1.66. The molecule has 1 atom stereocenters. The van der Waals surface area contributed by atoms with Crippen molar-refractivity contribution in [3.05, 3.63) is 89.2 Å². The topological polar surface area (TPSA) is 46.6 Å². The van der Waals surface area contributed by atoms with E-state index < -0.39 is 15.8 Å². The van der Waals surface area contributed by atoms with Crippen LogP contribution in [0, 0.1) is 12.7 Å². The zero-order valence-electron chi connectivity index (χ0n) is 19.3. The number of hydrogen-bond acceptors (Lipinski definition) is 3. The number of sulfonamides is 1. The standard InChI is InChI=1S/C27H30FNO3S/c1-19(2)32-25-6-4-5-21(17-25)9-13-24-14-11-22-10-12-23(28)18-27(22)29(24)33(30,31)26-15-7-20(3)8-16-26/h4-8,10,12,15-19,24H,9,11,13-14H2,1-3H3. The minimum atomic E-state index is -3.84. The second-order valence-electron chi connectivity index (χ2n) is 8.93. The molecule has 4 nitrogen and oxygen atoms in total. The van der Waals surface area contributed by atoms with Gasteiger partial charge in [-0.15, -0.1) is 0 Å². The Bertz CT molecular complexity index is 1220. The molecule has 0 aromatic heterocycles. The van der Waals surface area contributed by atoms with Crippen molar-refractivity contribution >= 4 is 15.7 Å². The number of fused-ring (bicyclic) bond motifs is 1. The highest BCUT2D eigenvalue weighted by molar-refractivity contribution is 7.92. The Morgan fingerprint density at radius 2 is 1.82 bits per heavy atom. The molecule has 1 aliphatic rings. The summed E-state index contributed by atoms with van der Waals surface area (Å²) in [6, 6.07) is 18.9. The van der Waals surface area contributed by atoms with E-state index in [2.05, 4.69) is 0 Å². The van der Waals surface area contributed by atoms with Gasteiger partial charge in [0.1, 0.15) is 11.6 Å². The van der Waals surface area contributed by atoms with Crippen LogP contribution in [0.25, 0.3) is 0 Å². The van der Waals surface area contributed by atoms with Crippen molar-refractivity contribution in [3.8, 4) is 5.75 Å². The third-order valence-electron chi connectivity index (χ3n) is 5.98. The lowest BCUT2D eigenvalue weighted by atomic mass is 9.94. The third-order valence-corrected chi connectivity index (χ3v) is 7.86. The summed E-state index contributed by atoms with van der Waals surface area (Å²) in [5.74, 6) is 0.375. The minimum Gasteiger partial charge on any atom is -0.491 e. The molecule has 0 aliphatic carbocycles. The van der Waals surface area contributed by atoms with Crippen molar-refractivity contribution in [3.63, 3.8) is 0 Å². The molecule has 0 fully saturated rings. The van der Waals surface area contributed by atoms with Gasteiger partial charge in [0.15, 0.2) is 0 Å². The van der Waals surface area contributed by atoms with Gasteiger partial charge in [-0.2, -0.15) is 0 Å². The summed E-state index contributed by atoms with van der Waals surface area (Å²) >= 11 is 0. The molecule has 174 valence electrons. The van der Waals surface area contributed by atoms with Crippen LogP contribution in [0.2, 0.25) is 0 Å². The second-order valence-corrected chi connectivity index (χ2v) is 10.7. The lowest BCUT2D eigenvalue weighted by Crippen LogP contribution is -2.44. The van der Waals surface area contributed by atoms with Gasteiger partial charge >= 0.3 is 0 Å². The zero-order chi connectivity index (χ0) is 23.6. The van der Waals surface area contributed by atoms with E-state index in [0.717, 1.165) is 28.9 Å². The van der Waals surface area contributed by atoms with E-state index in [9.17, 15) is 12.8 Å². The number of aryl methyl sites for hydroxylation is 3. The highest BCUT2D eigenvalue weighted by atomic mass is 32.2. The molecule has 1 unspecified atom stereocenters. The Morgan fingerprint density at radius 3 is 2.55 bits per heavy atom. The normalized spacial score (nSPS) is 16.0. The van der Waals surface area contributed by atoms with Gasteiger partial charge in [0.25, 0.3) is 10.0 Å². The van der Waals surface area contributed by atoms with Gasteiger partial charge in [-0.05, 0) is 94.0 Å². The van der Waals surface area contributed by atoms with Gasteiger partial charge in [0, 0.05) is 6.04 Å². The number of rotatable bonds is 7. The van der Waals surface area contributed by atoms with Gasteiger partial charge in [-0.3, -0.25) is 4.31 Å². The number of halogens is 1. The smallest absolute Gasteiger partial charge is 0.264 e. The zero-order valence-corrected chi connectivity index (χ0v) is 20.1. The minimum absolute atomic E-state index is 0.0835. The first-order valence-electron chi connectivity index (χ1n) is 11.4. The summed E-state index contributed by atoms with van der Waals surface area (Å²) < 4.78 is 49.0. The Kier molecular flexibility index (Phi) is 6.75. The molecule has 1 aliphatic heterocycles. The maximum Gasteiger partial charge on any atom is 0.264 e. The van der Waals surface area contributed by atoms with Gasteiger partial charge < -0.3 is 4.74 Å². The predicted octanol–water partition coefficient (Wildman–Crippen LogP) is 6.06. The molecule has 1 heterocycles. The first-order valence-corrected chi connectivity index (χ1v) is 12.8. The van der Waals surface area contributed by atoms with E-state index in [0.29, 0.717) is 24.9 Å². The van der Waals surface area contributed by atoms with Crippen LogP contribution in [0.4, 0.5) is 10.1 Å². The molecule has 0 bridgehead atoms. The molecule has 0 N–H and O–H groups in total. The summed E-state index contributed by atoms with van der Waals surface area (Å²) in [6.45, 7) is 5.89. The Morgan fingerprint density at radius 1 is 1.06 bits per heavy atom. The van der Waals surface area contributed by atoms with E-state index in [1.54, 1.807) is 30.3 Å². The number of benzene rings is 3. The van der Waals surface area contributed by atoms with Crippen LogP contribution in [0.3, 0.4) is 0 Å². The van der Waals surface area contributed by atoms with Crippen molar-refractivity contribution in [2.24, 2.45) is 0 Å². The van der Waals surface area contributed by atoms with Crippen molar-refractivity contribution in [2.45, 2.75) is 63.5 Å². The number of anilines is 1. The molecule has 6 heteroatoms. The van der Waals surface area contributed by atoms with Gasteiger partial charge in [0.05, 0.1) is 16.7 Å². The van der Waals surface area contributed by atoms with Crippen LogP contribution in [0.1, 0.15) is 43.4 Å². The number of hydrogen-bond donors (Lipinski definition) is 0. The molecule has 0 saturated heterocycles. The van der Waals surface area contributed by atoms with Gasteiger partial charge in [-0.25, -0.2) is 12.8 Å². The molecule has 0 saturated carbocycles. The van der Waals surface area contributed by atoms with Crippen LogP contribution in [-0.4, -0.2) is 20.6 Å². The monoisotopic (exact) mass is 467 g/mol. The van der Waals surface area contributed by atoms with Crippen LogP contribution in [0.5, 0.6) is 5.75 Å². The molecule has 4 rings (SSSR count). The fourth-order valence-corrected chi connectivity index (χ4v) is 6.12. The van der Waals surface area contributed by atoms with Crippen molar-refractivity contribution in [1.82, 2.24) is 0 Å². The lowest BCUT2D eigenvalue weighted by molar-refractivity contribution is 0.242. The molecule has 0 amide bonds. The Labute approximate surface area is 196 Å². The predicted molar refractivity (Wildman–Crippen MR) is 130 cm³/mol. The number of nitrogens with zero attached hydrogens (tertiary/aromatic N) is 1. The van der Waals surface area contributed by atoms with E-state index in [4.69, 9.17) is 4.74 Å². The first kappa shape index (κ1) is 23.3. The molecule has 33 heavy (non-hydrogen) atoms. The van der Waals surface area contributed by atoms with Crippen molar-refractivity contribution in [1.29, 1.82) is 0 Å². The average molecular weight is 468 g/mol. The lowest BCUT2D eigenvalue weighted by Gasteiger charge is -2.38. The van der Waals surface area contributed by atoms with Crippen LogP contribution >= 0.6 is 0 Å². The largest absolute Gasteiger partial charge is 0.491 e. The highest BCUT2D eigenvalue weighted by Crippen LogP contribution is 2.37. The Hall–Kier alpha value is -2.86. The maximum atomic E-state index is 14.2. The highest BCUT2D eigenvalue weighted by Gasteiger charge is 2.36. The number of ether oxygens (including phenoxy) is 1. The maximum absolute atomic E-state index is 14.2. The summed E-state index contributed by atoms with van der Waals surface area (Å²) in [6.07, 6.45) is 2.82. The summed E-state index contributed by atoms with van der Waals surface area (Å²) in [4.78, 5) is 0.225. The van der Waals surface area contributed by atoms with Gasteiger partial charge in [0.2, 0.25) is 0 Å².